The van der Waals surface area contributed by atoms with E-state index in [9.17, 15) is 4.79 Å². The van der Waals surface area contributed by atoms with Gasteiger partial charge in [0.05, 0.1) is 0 Å². The summed E-state index contributed by atoms with van der Waals surface area (Å²) in [6.07, 6.45) is 15.5. The number of rotatable bonds is 9. The highest BCUT2D eigenvalue weighted by atomic mass is 16.5. The molecule has 0 amide bonds. The molecule has 0 unspecified atom stereocenters. The Morgan fingerprint density at radius 1 is 1.18 bits per heavy atom. The molecule has 0 bridgehead atoms. The van der Waals surface area contributed by atoms with Gasteiger partial charge >= 0.3 is 5.97 Å². The molecule has 0 radical (unpaired) electrons. The Labute approximate surface area is 106 Å². The first-order valence-corrected chi connectivity index (χ1v) is 6.64. The summed E-state index contributed by atoms with van der Waals surface area (Å²) in [7, 11) is 0. The maximum Gasteiger partial charge on any atom is 0.302 e. The first-order valence-electron chi connectivity index (χ1n) is 6.64. The fourth-order valence-electron chi connectivity index (χ4n) is 1.52. The molecule has 0 rings (SSSR count). The predicted octanol–water partition coefficient (Wildman–Crippen LogP) is 4.41. The summed E-state index contributed by atoms with van der Waals surface area (Å²) in [6.45, 7) is 5.57. The average molecular weight is 238 g/mol. The van der Waals surface area contributed by atoms with Crippen molar-refractivity contribution in [3.63, 3.8) is 0 Å². The molecule has 0 aromatic carbocycles. The van der Waals surface area contributed by atoms with E-state index in [-0.39, 0.29) is 12.1 Å². The number of allylic oxidation sites excluding steroid dienone is 3. The summed E-state index contributed by atoms with van der Waals surface area (Å²) in [6, 6.07) is 0. The third-order valence-corrected chi connectivity index (χ3v) is 2.42. The van der Waals surface area contributed by atoms with E-state index in [1.165, 1.54) is 32.6 Å². The predicted molar refractivity (Wildman–Crippen MR) is 72.9 cm³/mol. The fourth-order valence-corrected chi connectivity index (χ4v) is 1.52. The van der Waals surface area contributed by atoms with Crippen molar-refractivity contribution in [1.82, 2.24) is 0 Å². The van der Waals surface area contributed by atoms with Crippen LogP contribution in [0.3, 0.4) is 0 Å². The van der Waals surface area contributed by atoms with Gasteiger partial charge in [-0.1, -0.05) is 44.1 Å². The molecule has 2 heteroatoms. The van der Waals surface area contributed by atoms with E-state index in [0.29, 0.717) is 0 Å². The molecular formula is C15H26O2. The average Bonchev–Trinajstić information content (AvgIpc) is 2.26. The quantitative estimate of drug-likeness (QED) is 0.338. The molecule has 0 aromatic rings. The van der Waals surface area contributed by atoms with Crippen LogP contribution in [0.25, 0.3) is 0 Å². The van der Waals surface area contributed by atoms with Gasteiger partial charge in [-0.25, -0.2) is 0 Å². The van der Waals surface area contributed by atoms with Crippen LogP contribution in [-0.2, 0) is 9.53 Å². The Morgan fingerprint density at radius 3 is 2.53 bits per heavy atom. The van der Waals surface area contributed by atoms with Crippen LogP contribution in [0.1, 0.15) is 59.3 Å². The van der Waals surface area contributed by atoms with Crippen molar-refractivity contribution in [2.24, 2.45) is 0 Å². The zero-order valence-electron chi connectivity index (χ0n) is 11.4. The van der Waals surface area contributed by atoms with Gasteiger partial charge in [0.25, 0.3) is 0 Å². The van der Waals surface area contributed by atoms with Crippen molar-refractivity contribution in [1.29, 1.82) is 0 Å². The summed E-state index contributed by atoms with van der Waals surface area (Å²) in [5, 5.41) is 0. The standard InChI is InChI=1S/C15H26O2/c1-4-5-6-7-8-9-10-11-12-13-14(2)17-15(3)16/h8-9,11-12,14H,4-7,10,13H2,1-3H3/t14-/m0/s1. The van der Waals surface area contributed by atoms with Gasteiger partial charge in [0, 0.05) is 13.3 Å². The summed E-state index contributed by atoms with van der Waals surface area (Å²) in [5.74, 6) is -0.207. The monoisotopic (exact) mass is 238 g/mol. The van der Waals surface area contributed by atoms with Crippen LogP contribution in [0.2, 0.25) is 0 Å². The molecule has 0 N–H and O–H groups in total. The Bertz CT molecular complexity index is 241. The molecule has 0 aliphatic carbocycles. The van der Waals surface area contributed by atoms with Crippen molar-refractivity contribution in [3.8, 4) is 0 Å². The molecule has 0 saturated heterocycles. The largest absolute Gasteiger partial charge is 0.463 e. The lowest BCUT2D eigenvalue weighted by atomic mass is 10.2. The van der Waals surface area contributed by atoms with E-state index in [1.807, 2.05) is 6.92 Å². The van der Waals surface area contributed by atoms with E-state index in [1.54, 1.807) is 0 Å². The first kappa shape index (κ1) is 16.0. The molecule has 1 atom stereocenters. The molecule has 0 aromatic heterocycles. The minimum absolute atomic E-state index is 0.0164. The van der Waals surface area contributed by atoms with E-state index >= 15 is 0 Å². The zero-order chi connectivity index (χ0) is 12.9. The van der Waals surface area contributed by atoms with E-state index in [0.717, 1.165) is 12.8 Å². The summed E-state index contributed by atoms with van der Waals surface area (Å²) in [4.78, 5) is 10.7. The fraction of sp³-hybridized carbons (Fsp3) is 0.667. The third kappa shape index (κ3) is 12.9. The topological polar surface area (TPSA) is 26.3 Å². The molecule has 0 saturated carbocycles. The van der Waals surface area contributed by atoms with Gasteiger partial charge in [0.1, 0.15) is 6.10 Å². The maximum atomic E-state index is 10.7. The number of hydrogen-bond donors (Lipinski definition) is 0. The molecule has 0 aliphatic rings. The SMILES string of the molecule is CCCCCC=CCC=CC[C@H](C)OC(C)=O. The van der Waals surface area contributed by atoms with E-state index in [4.69, 9.17) is 4.74 Å². The lowest BCUT2D eigenvalue weighted by Crippen LogP contribution is -2.10. The van der Waals surface area contributed by atoms with Gasteiger partial charge in [-0.05, 0) is 26.2 Å². The Balaban J connectivity index is 3.44. The minimum atomic E-state index is -0.207. The highest BCUT2D eigenvalue weighted by molar-refractivity contribution is 5.66. The van der Waals surface area contributed by atoms with Crippen molar-refractivity contribution < 1.29 is 9.53 Å². The molecule has 0 aliphatic heterocycles. The van der Waals surface area contributed by atoms with Crippen LogP contribution >= 0.6 is 0 Å². The van der Waals surface area contributed by atoms with Crippen LogP contribution in [0.15, 0.2) is 24.3 Å². The second-order valence-corrected chi connectivity index (χ2v) is 4.33. The number of ether oxygens (including phenoxy) is 1. The summed E-state index contributed by atoms with van der Waals surface area (Å²) < 4.78 is 5.01. The van der Waals surface area contributed by atoms with Gasteiger partial charge < -0.3 is 4.74 Å². The molecule has 2 nitrogen and oxygen atoms in total. The molecular weight excluding hydrogens is 212 g/mol. The Hall–Kier alpha value is -1.05. The number of unbranched alkanes of at least 4 members (excludes halogenated alkanes) is 3. The van der Waals surface area contributed by atoms with Crippen molar-refractivity contribution >= 4 is 5.97 Å². The Kier molecular flexibility index (Phi) is 10.7. The minimum Gasteiger partial charge on any atom is -0.463 e. The van der Waals surface area contributed by atoms with E-state index in [2.05, 4.69) is 31.2 Å². The molecule has 0 spiro atoms. The van der Waals surface area contributed by atoms with Gasteiger partial charge in [0.15, 0.2) is 0 Å². The highest BCUT2D eigenvalue weighted by Crippen LogP contribution is 2.02. The van der Waals surface area contributed by atoms with Crippen LogP contribution < -0.4 is 0 Å². The summed E-state index contributed by atoms with van der Waals surface area (Å²) >= 11 is 0. The maximum absolute atomic E-state index is 10.7. The molecule has 0 heterocycles. The lowest BCUT2D eigenvalue weighted by molar-refractivity contribution is -0.145. The number of hydrogen-bond acceptors (Lipinski definition) is 2. The number of esters is 1. The second kappa shape index (κ2) is 11.4. The highest BCUT2D eigenvalue weighted by Gasteiger charge is 2.01. The lowest BCUT2D eigenvalue weighted by Gasteiger charge is -2.07. The van der Waals surface area contributed by atoms with Crippen molar-refractivity contribution in [2.75, 3.05) is 0 Å². The first-order chi connectivity index (χ1) is 8.16. The van der Waals surface area contributed by atoms with Gasteiger partial charge in [0.2, 0.25) is 0 Å². The molecule has 0 fully saturated rings. The van der Waals surface area contributed by atoms with E-state index < -0.39 is 0 Å². The van der Waals surface area contributed by atoms with Crippen LogP contribution in [0, 0.1) is 0 Å². The second-order valence-electron chi connectivity index (χ2n) is 4.33. The Morgan fingerprint density at radius 2 is 1.88 bits per heavy atom. The van der Waals surface area contributed by atoms with Crippen LogP contribution in [0.5, 0.6) is 0 Å². The van der Waals surface area contributed by atoms with Gasteiger partial charge in [-0.3, -0.25) is 4.79 Å². The number of carbonyl (C=O) groups excluding carboxylic acids is 1. The van der Waals surface area contributed by atoms with Gasteiger partial charge in [-0.15, -0.1) is 0 Å². The number of carbonyl (C=O) groups is 1. The third-order valence-electron chi connectivity index (χ3n) is 2.42. The van der Waals surface area contributed by atoms with Crippen LogP contribution in [0.4, 0.5) is 0 Å². The zero-order valence-corrected chi connectivity index (χ0v) is 11.4. The molecule has 98 valence electrons. The summed E-state index contributed by atoms with van der Waals surface area (Å²) in [5.41, 5.74) is 0. The normalized spacial score (nSPS) is 13.4. The van der Waals surface area contributed by atoms with Crippen molar-refractivity contribution in [2.45, 2.75) is 65.4 Å². The smallest absolute Gasteiger partial charge is 0.302 e. The van der Waals surface area contributed by atoms with Gasteiger partial charge in [-0.2, -0.15) is 0 Å². The van der Waals surface area contributed by atoms with Crippen LogP contribution in [-0.4, -0.2) is 12.1 Å². The van der Waals surface area contributed by atoms with Crippen molar-refractivity contribution in [3.05, 3.63) is 24.3 Å². The molecule has 17 heavy (non-hydrogen) atoms.